The minimum Gasteiger partial charge on any atom is -0.461 e. The molecule has 1 aromatic carbocycles. The Labute approximate surface area is 518 Å². The number of likely N-dealkylation sites (tertiary alicyclic amines) is 1. The Morgan fingerprint density at radius 1 is 0.761 bits per heavy atom. The number of Topliss-reactive ketones (excluding diaryl/α,β-unsaturated/α-hetero) is 2. The number of hydrogen-bond donors (Lipinski definition) is 13. The van der Waals surface area contributed by atoms with Gasteiger partial charge in [0.2, 0.25) is 5.91 Å². The SMILES string of the molecule is CCN1CCCC1CNC(=O)C1C(O)CC2(O)CC(O)CC(O)CC(O)CC(O)CC(=O)CC(O)CC(=O)OC(C(C)CCC(O)CC(=O)c3ccc(NC)cc3)C(C)\C=C/C=C/C=C/C=C/C=C/C=C/C=C/C(O[C@@H]3O[C@H](C)[C@@H](O)[C@H](N)[C@@H]3O)CC1O2. The molecule has 0 radical (unpaired) electrons. The van der Waals surface area contributed by atoms with Crippen LogP contribution in [-0.2, 0) is 33.3 Å². The lowest BCUT2D eigenvalue weighted by atomic mass is 9.82. The topological polar surface area (TPSA) is 361 Å². The number of ether oxygens (including phenoxy) is 4. The molecular formula is C66H100N4O18. The molecule has 20 atom stereocenters. The second kappa shape index (κ2) is 37.3. The Morgan fingerprint density at radius 3 is 1.98 bits per heavy atom. The standard InChI is InChI=1S/C66H100N4O18/c1-6-70-29-19-21-46(70)40-69-64(83)59-56(79)39-66(84)38-53(77)34-51(75)32-49(73)30-48(72)31-50(74)33-52(76)36-58(80)87-63(42(3)23-28-47(71)35-55(78)44-24-26-45(68-5)27-25-44)41(2)20-17-15-13-11-9-7-8-10-12-14-16-18-22-54(37-57(59)88-66)86-65-62(82)60(67)61(81)43(4)85-65/h7-18,20,22,24-27,41-43,46-49,51-54,56-57,59-63,65,68,71-73,75-77,79,81-82,84H,6,19,21,23,28-40,67H2,1-5H3,(H,69,83)/b8-7+,11-9+,12-10+,15-13+,16-14+,20-17-,22-18+/t41?,42?,43-,46?,47?,48?,49?,51?,52?,53?,54?,56?,57?,59?,60+,61-,62+,63?,65+,66?/m1/s1. The van der Waals surface area contributed by atoms with Crippen molar-refractivity contribution in [2.24, 2.45) is 23.5 Å². The van der Waals surface area contributed by atoms with Crippen molar-refractivity contribution in [3.8, 4) is 0 Å². The van der Waals surface area contributed by atoms with E-state index in [0.29, 0.717) is 18.5 Å². The van der Waals surface area contributed by atoms with Gasteiger partial charge in [0, 0.05) is 75.3 Å². The smallest absolute Gasteiger partial charge is 0.308 e. The van der Waals surface area contributed by atoms with Crippen LogP contribution in [-0.4, -0.2) is 210 Å². The van der Waals surface area contributed by atoms with Crippen molar-refractivity contribution in [1.29, 1.82) is 0 Å². The number of aliphatic hydroxyl groups is 10. The van der Waals surface area contributed by atoms with Crippen molar-refractivity contribution in [1.82, 2.24) is 10.2 Å². The summed E-state index contributed by atoms with van der Waals surface area (Å²) in [6, 6.07) is 5.85. The molecule has 0 spiro atoms. The summed E-state index contributed by atoms with van der Waals surface area (Å²) in [6.45, 7) is 9.27. The molecule has 3 saturated heterocycles. The third-order valence-electron chi connectivity index (χ3n) is 16.8. The van der Waals surface area contributed by atoms with Gasteiger partial charge in [-0.1, -0.05) is 106 Å². The summed E-state index contributed by atoms with van der Waals surface area (Å²) < 4.78 is 24.5. The normalized spacial score (nSPS) is 37.6. The van der Waals surface area contributed by atoms with Crippen LogP contribution in [0.1, 0.15) is 128 Å². The fourth-order valence-electron chi connectivity index (χ4n) is 12.0. The van der Waals surface area contributed by atoms with E-state index in [-0.39, 0.29) is 55.8 Å². The number of likely N-dealkylation sites (N-methyl/N-ethyl adjacent to an activating group) is 1. The van der Waals surface area contributed by atoms with Crippen LogP contribution < -0.4 is 16.4 Å². The van der Waals surface area contributed by atoms with E-state index in [1.54, 1.807) is 99.0 Å². The molecule has 1 aromatic rings. The monoisotopic (exact) mass is 1240 g/mol. The quantitative estimate of drug-likeness (QED) is 0.0939. The maximum atomic E-state index is 14.2. The van der Waals surface area contributed by atoms with Gasteiger partial charge in [-0.15, -0.1) is 0 Å². The molecule has 88 heavy (non-hydrogen) atoms. The second-order valence-corrected chi connectivity index (χ2v) is 24.3. The lowest BCUT2D eigenvalue weighted by Gasteiger charge is -2.46. The third-order valence-corrected chi connectivity index (χ3v) is 16.8. The van der Waals surface area contributed by atoms with Gasteiger partial charge < -0.3 is 86.4 Å². The number of aliphatic hydroxyl groups excluding tert-OH is 9. The molecular weight excluding hydrogens is 1140 g/mol. The number of amides is 1. The van der Waals surface area contributed by atoms with Crippen molar-refractivity contribution in [3.63, 3.8) is 0 Å². The van der Waals surface area contributed by atoms with E-state index in [4.69, 9.17) is 24.7 Å². The zero-order chi connectivity index (χ0) is 64.5. The van der Waals surface area contributed by atoms with Gasteiger partial charge in [0.15, 0.2) is 17.9 Å². The third kappa shape index (κ3) is 24.6. The van der Waals surface area contributed by atoms with E-state index in [1.165, 1.54) is 0 Å². The van der Waals surface area contributed by atoms with Crippen LogP contribution >= 0.6 is 0 Å². The summed E-state index contributed by atoms with van der Waals surface area (Å²) in [4.78, 5) is 55.9. The summed E-state index contributed by atoms with van der Waals surface area (Å²) >= 11 is 0. The van der Waals surface area contributed by atoms with Gasteiger partial charge in [0.05, 0.1) is 85.5 Å². The minimum absolute atomic E-state index is 0.0654. The predicted molar refractivity (Wildman–Crippen MR) is 331 cm³/mol. The van der Waals surface area contributed by atoms with Crippen LogP contribution in [0.25, 0.3) is 0 Å². The van der Waals surface area contributed by atoms with E-state index in [9.17, 15) is 70.2 Å². The highest BCUT2D eigenvalue weighted by Crippen LogP contribution is 2.38. The molecule has 4 heterocycles. The molecule has 15 unspecified atom stereocenters. The van der Waals surface area contributed by atoms with Crippen LogP contribution in [0.2, 0.25) is 0 Å². The molecule has 14 N–H and O–H groups in total. The number of carbonyl (C=O) groups excluding carboxylic acids is 4. The molecule has 22 nitrogen and oxygen atoms in total. The number of nitrogens with two attached hydrogens (primary N) is 1. The number of benzene rings is 1. The van der Waals surface area contributed by atoms with Crippen LogP contribution in [0.4, 0.5) is 5.69 Å². The van der Waals surface area contributed by atoms with Gasteiger partial charge in [-0.25, -0.2) is 0 Å². The number of ketones is 2. The lowest BCUT2D eigenvalue weighted by Crippen LogP contribution is -2.62. The van der Waals surface area contributed by atoms with Crippen LogP contribution in [0.3, 0.4) is 0 Å². The van der Waals surface area contributed by atoms with Crippen molar-refractivity contribution >= 4 is 29.1 Å². The summed E-state index contributed by atoms with van der Waals surface area (Å²) in [5.41, 5.74) is 7.48. The Morgan fingerprint density at radius 2 is 1.35 bits per heavy atom. The molecule has 2 bridgehead atoms. The van der Waals surface area contributed by atoms with Gasteiger partial charge in [-0.2, -0.15) is 0 Å². The van der Waals surface area contributed by atoms with E-state index in [0.717, 1.165) is 31.6 Å². The molecule has 1 amide bonds. The average molecular weight is 1240 g/mol. The van der Waals surface area contributed by atoms with E-state index in [1.807, 2.05) is 45.1 Å². The number of allylic oxidation sites excluding steroid dienone is 12. The summed E-state index contributed by atoms with van der Waals surface area (Å²) in [5.74, 6) is -6.40. The van der Waals surface area contributed by atoms with Gasteiger partial charge in [-0.05, 0) is 95.1 Å². The highest BCUT2D eigenvalue weighted by molar-refractivity contribution is 5.96. The molecule has 492 valence electrons. The van der Waals surface area contributed by atoms with Crippen LogP contribution in [0, 0.1) is 17.8 Å². The van der Waals surface area contributed by atoms with E-state index < -0.39 is 160 Å². The number of anilines is 1. The van der Waals surface area contributed by atoms with Crippen LogP contribution in [0.15, 0.2) is 109 Å². The summed E-state index contributed by atoms with van der Waals surface area (Å²) in [5, 5.41) is 117. The van der Waals surface area contributed by atoms with Gasteiger partial charge in [0.1, 0.15) is 18.0 Å². The van der Waals surface area contributed by atoms with Crippen molar-refractivity contribution < 1.29 is 89.2 Å². The van der Waals surface area contributed by atoms with Gasteiger partial charge in [0.25, 0.3) is 0 Å². The first kappa shape index (κ1) is 73.6. The zero-order valence-electron chi connectivity index (χ0n) is 51.6. The average Bonchev–Trinajstić information content (AvgIpc) is 1.02. The lowest BCUT2D eigenvalue weighted by molar-refractivity contribution is -0.307. The highest BCUT2D eigenvalue weighted by atomic mass is 16.7. The number of carbonyl (C=O) groups is 4. The van der Waals surface area contributed by atoms with E-state index in [2.05, 4.69) is 15.5 Å². The summed E-state index contributed by atoms with van der Waals surface area (Å²) in [6.07, 6.45) is 5.35. The molecule has 0 aromatic heterocycles. The molecule has 22 heteroatoms. The van der Waals surface area contributed by atoms with Crippen molar-refractivity contribution in [2.45, 2.75) is 221 Å². The van der Waals surface area contributed by atoms with Gasteiger partial charge >= 0.3 is 5.97 Å². The molecule has 4 aliphatic heterocycles. The molecule has 0 saturated carbocycles. The first-order chi connectivity index (χ1) is 41.9. The van der Waals surface area contributed by atoms with Crippen LogP contribution in [0.5, 0.6) is 0 Å². The maximum Gasteiger partial charge on any atom is 0.308 e. The Kier molecular flexibility index (Phi) is 31.2. The largest absolute Gasteiger partial charge is 0.461 e. The molecule has 5 rings (SSSR count). The van der Waals surface area contributed by atoms with Crippen molar-refractivity contribution in [3.05, 3.63) is 115 Å². The Bertz CT molecular complexity index is 2520. The number of cyclic esters (lactones) is 1. The Hall–Kier alpha value is -5.12. The molecule has 4 aliphatic rings. The number of rotatable bonds is 14. The predicted octanol–water partition coefficient (Wildman–Crippen LogP) is 3.26. The number of nitrogens with zero attached hydrogens (tertiary/aromatic N) is 1. The number of esters is 1. The molecule has 0 aliphatic carbocycles. The molecule has 3 fully saturated rings. The first-order valence-corrected chi connectivity index (χ1v) is 31.2. The van der Waals surface area contributed by atoms with Crippen molar-refractivity contribution in [2.75, 3.05) is 32.0 Å². The second-order valence-electron chi connectivity index (χ2n) is 24.3. The van der Waals surface area contributed by atoms with E-state index >= 15 is 0 Å². The number of fused-ring (bicyclic) bond motifs is 2. The highest BCUT2D eigenvalue weighted by Gasteiger charge is 2.51. The number of nitrogens with one attached hydrogen (secondary N) is 2. The van der Waals surface area contributed by atoms with Gasteiger partial charge in [-0.3, -0.25) is 24.1 Å². The summed E-state index contributed by atoms with van der Waals surface area (Å²) in [7, 11) is 1.77. The zero-order valence-corrected chi connectivity index (χ0v) is 51.6. The fourth-order valence-corrected chi connectivity index (χ4v) is 12.0. The maximum absolute atomic E-state index is 14.2. The first-order valence-electron chi connectivity index (χ1n) is 31.2. The fraction of sp³-hybridized carbons (Fsp3) is 0.636. The number of hydrogen-bond acceptors (Lipinski definition) is 21. The Balaban J connectivity index is 1.36. The minimum atomic E-state index is -2.28.